The van der Waals surface area contributed by atoms with E-state index in [9.17, 15) is 5.11 Å². The van der Waals surface area contributed by atoms with Crippen LogP contribution in [0.2, 0.25) is 0 Å². The molecular weight excluding hydrogens is 380 g/mol. The van der Waals surface area contributed by atoms with Crippen LogP contribution < -0.4 is 5.73 Å². The Hall–Kier alpha value is -3.07. The molecule has 0 atom stereocenters. The summed E-state index contributed by atoms with van der Waals surface area (Å²) in [4.78, 5) is 4.77. The zero-order valence-electron chi connectivity index (χ0n) is 19.5. The second-order valence-electron chi connectivity index (χ2n) is 9.07. The summed E-state index contributed by atoms with van der Waals surface area (Å²) in [5.74, 6) is 0.985. The Morgan fingerprint density at radius 3 is 2.06 bits per heavy atom. The molecule has 0 aromatic heterocycles. The number of benzene rings is 3. The maximum atomic E-state index is 10.0. The Morgan fingerprint density at radius 2 is 1.45 bits per heavy atom. The molecule has 3 N–H and O–H groups in total. The van der Waals surface area contributed by atoms with Crippen LogP contribution in [0, 0.1) is 13.8 Å². The number of aliphatic imine (C=N–C) groups is 1. The lowest BCUT2D eigenvalue weighted by molar-refractivity contribution is 0.474. The SMILES string of the molecule is Cc1cc(Cc2cc(C)c(N=Cc3ccccc3O)c(C(C)C)c2)cc(C(C)C)c1N. The van der Waals surface area contributed by atoms with Crippen molar-refractivity contribution in [2.24, 2.45) is 4.99 Å². The highest BCUT2D eigenvalue weighted by molar-refractivity contribution is 5.86. The van der Waals surface area contributed by atoms with E-state index >= 15 is 0 Å². The van der Waals surface area contributed by atoms with E-state index in [4.69, 9.17) is 10.7 Å². The number of hydrogen-bond donors (Lipinski definition) is 2. The zero-order chi connectivity index (χ0) is 22.7. The van der Waals surface area contributed by atoms with Crippen molar-refractivity contribution in [3.05, 3.63) is 87.5 Å². The summed E-state index contributed by atoms with van der Waals surface area (Å²) in [7, 11) is 0. The Labute approximate surface area is 186 Å². The van der Waals surface area contributed by atoms with Gasteiger partial charge in [-0.25, -0.2) is 0 Å². The minimum absolute atomic E-state index is 0.242. The van der Waals surface area contributed by atoms with E-state index < -0.39 is 0 Å². The third-order valence-electron chi connectivity index (χ3n) is 5.79. The highest BCUT2D eigenvalue weighted by Crippen LogP contribution is 2.34. The molecule has 0 aliphatic rings. The summed E-state index contributed by atoms with van der Waals surface area (Å²) >= 11 is 0. The van der Waals surface area contributed by atoms with E-state index in [0.29, 0.717) is 11.8 Å². The van der Waals surface area contributed by atoms with E-state index in [2.05, 4.69) is 65.8 Å². The number of aromatic hydroxyl groups is 1. The molecule has 3 aromatic rings. The molecule has 3 heteroatoms. The first-order chi connectivity index (χ1) is 14.7. The number of hydrogen-bond acceptors (Lipinski definition) is 3. The lowest BCUT2D eigenvalue weighted by Crippen LogP contribution is -2.02. The molecule has 0 amide bonds. The predicted octanol–water partition coefficient (Wildman–Crippen LogP) is 7.18. The number of anilines is 1. The molecule has 3 rings (SSSR count). The number of phenols is 1. The van der Waals surface area contributed by atoms with Gasteiger partial charge in [-0.1, -0.05) is 64.1 Å². The lowest BCUT2D eigenvalue weighted by Gasteiger charge is -2.17. The molecule has 0 radical (unpaired) electrons. The van der Waals surface area contributed by atoms with Crippen molar-refractivity contribution in [2.75, 3.05) is 5.73 Å². The molecule has 3 aromatic carbocycles. The molecular formula is C28H34N2O. The molecule has 0 saturated carbocycles. The van der Waals surface area contributed by atoms with Crippen molar-refractivity contribution < 1.29 is 5.11 Å². The largest absolute Gasteiger partial charge is 0.507 e. The van der Waals surface area contributed by atoms with Crippen LogP contribution in [0.15, 0.2) is 53.5 Å². The van der Waals surface area contributed by atoms with E-state index in [0.717, 1.165) is 34.5 Å². The van der Waals surface area contributed by atoms with Crippen LogP contribution in [0.3, 0.4) is 0 Å². The van der Waals surface area contributed by atoms with Crippen LogP contribution in [-0.4, -0.2) is 11.3 Å². The minimum atomic E-state index is 0.242. The summed E-state index contributed by atoms with van der Waals surface area (Å²) in [5, 5.41) is 10.0. The number of nitrogen functional groups attached to an aromatic ring is 1. The number of nitrogens with zero attached hydrogens (tertiary/aromatic N) is 1. The van der Waals surface area contributed by atoms with Crippen LogP contribution in [0.1, 0.15) is 78.5 Å². The third kappa shape index (κ3) is 5.16. The van der Waals surface area contributed by atoms with Crippen LogP contribution >= 0.6 is 0 Å². The van der Waals surface area contributed by atoms with E-state index in [1.54, 1.807) is 12.3 Å². The number of aryl methyl sites for hydroxylation is 2. The van der Waals surface area contributed by atoms with E-state index in [-0.39, 0.29) is 5.75 Å². The standard InChI is InChI=1S/C28H34N2O/c1-17(2)24-14-21(11-19(5)27(24)29)13-22-12-20(6)28(25(15-22)18(3)4)30-16-23-9-7-8-10-26(23)31/h7-12,14-18,31H,13,29H2,1-6H3. The second kappa shape index (κ2) is 9.38. The first kappa shape index (κ1) is 22.6. The highest BCUT2D eigenvalue weighted by atomic mass is 16.3. The van der Waals surface area contributed by atoms with Crippen molar-refractivity contribution in [1.82, 2.24) is 0 Å². The lowest BCUT2D eigenvalue weighted by atomic mass is 9.90. The number of para-hydroxylation sites is 1. The maximum Gasteiger partial charge on any atom is 0.124 e. The summed E-state index contributed by atoms with van der Waals surface area (Å²) in [6.07, 6.45) is 2.62. The van der Waals surface area contributed by atoms with Gasteiger partial charge in [0.2, 0.25) is 0 Å². The third-order valence-corrected chi connectivity index (χ3v) is 5.79. The average molecular weight is 415 g/mol. The van der Waals surface area contributed by atoms with Crippen molar-refractivity contribution >= 4 is 17.6 Å². The van der Waals surface area contributed by atoms with Crippen molar-refractivity contribution in [3.63, 3.8) is 0 Å². The molecule has 31 heavy (non-hydrogen) atoms. The fourth-order valence-corrected chi connectivity index (χ4v) is 4.05. The Bertz CT molecular complexity index is 1110. The number of nitrogens with two attached hydrogens (primary N) is 1. The number of rotatable bonds is 6. The van der Waals surface area contributed by atoms with Crippen LogP contribution in [-0.2, 0) is 6.42 Å². The van der Waals surface area contributed by atoms with Gasteiger partial charge in [-0.3, -0.25) is 4.99 Å². The van der Waals surface area contributed by atoms with Crippen LogP contribution in [0.5, 0.6) is 5.75 Å². The van der Waals surface area contributed by atoms with Crippen molar-refractivity contribution in [3.8, 4) is 5.75 Å². The molecule has 0 fully saturated rings. The quantitative estimate of drug-likeness (QED) is 0.331. The fourth-order valence-electron chi connectivity index (χ4n) is 4.05. The molecule has 0 aliphatic carbocycles. The van der Waals surface area contributed by atoms with Crippen molar-refractivity contribution in [2.45, 2.75) is 59.8 Å². The van der Waals surface area contributed by atoms with Gasteiger partial charge in [0, 0.05) is 17.5 Å². The topological polar surface area (TPSA) is 58.6 Å². The molecule has 0 bridgehead atoms. The molecule has 0 aliphatic heterocycles. The molecule has 0 unspecified atom stereocenters. The zero-order valence-corrected chi connectivity index (χ0v) is 19.5. The van der Waals surface area contributed by atoms with Gasteiger partial charge in [-0.15, -0.1) is 0 Å². The fraction of sp³-hybridized carbons (Fsp3) is 0.321. The molecule has 3 nitrogen and oxygen atoms in total. The van der Waals surface area contributed by atoms with Gasteiger partial charge in [0.05, 0.1) is 5.69 Å². The van der Waals surface area contributed by atoms with Crippen LogP contribution in [0.25, 0.3) is 0 Å². The summed E-state index contributed by atoms with van der Waals surface area (Å²) in [6, 6.07) is 16.2. The first-order valence-electron chi connectivity index (χ1n) is 11.0. The average Bonchev–Trinajstić information content (AvgIpc) is 2.70. The molecule has 0 heterocycles. The van der Waals surface area contributed by atoms with Gasteiger partial charge < -0.3 is 10.8 Å². The molecule has 0 spiro atoms. The summed E-state index contributed by atoms with van der Waals surface area (Å²) in [5.41, 5.74) is 16.2. The second-order valence-corrected chi connectivity index (χ2v) is 9.07. The van der Waals surface area contributed by atoms with Crippen LogP contribution in [0.4, 0.5) is 11.4 Å². The van der Waals surface area contributed by atoms with Gasteiger partial charge in [0.25, 0.3) is 0 Å². The van der Waals surface area contributed by atoms with E-state index in [1.807, 2.05) is 18.2 Å². The number of phenolic OH excluding ortho intramolecular Hbond substituents is 1. The van der Waals surface area contributed by atoms with Gasteiger partial charge >= 0.3 is 0 Å². The Morgan fingerprint density at radius 1 is 0.871 bits per heavy atom. The molecule has 162 valence electrons. The highest BCUT2D eigenvalue weighted by Gasteiger charge is 2.13. The van der Waals surface area contributed by atoms with E-state index in [1.165, 1.54) is 22.3 Å². The first-order valence-corrected chi connectivity index (χ1v) is 11.0. The predicted molar refractivity (Wildman–Crippen MR) is 133 cm³/mol. The maximum absolute atomic E-state index is 10.0. The van der Waals surface area contributed by atoms with Gasteiger partial charge in [-0.05, 0) is 77.6 Å². The van der Waals surface area contributed by atoms with Crippen molar-refractivity contribution in [1.29, 1.82) is 0 Å². The normalized spacial score (nSPS) is 11.7. The monoisotopic (exact) mass is 414 g/mol. The smallest absolute Gasteiger partial charge is 0.124 e. The minimum Gasteiger partial charge on any atom is -0.507 e. The molecule has 0 saturated heterocycles. The Balaban J connectivity index is 1.99. The van der Waals surface area contributed by atoms with Gasteiger partial charge in [0.1, 0.15) is 5.75 Å². The Kier molecular flexibility index (Phi) is 6.84. The summed E-state index contributed by atoms with van der Waals surface area (Å²) in [6.45, 7) is 13.0. The summed E-state index contributed by atoms with van der Waals surface area (Å²) < 4.78 is 0. The van der Waals surface area contributed by atoms with Gasteiger partial charge in [-0.2, -0.15) is 0 Å². The van der Waals surface area contributed by atoms with Gasteiger partial charge in [0.15, 0.2) is 0 Å².